The third-order valence-corrected chi connectivity index (χ3v) is 8.27. The Morgan fingerprint density at radius 2 is 1.89 bits per heavy atom. The number of hydrogen-bond donors (Lipinski definition) is 3. The Balaban J connectivity index is 1.79. The molecule has 1 aliphatic rings. The number of para-hydroxylation sites is 1. The van der Waals surface area contributed by atoms with Crippen LogP contribution in [-0.4, -0.2) is 42.8 Å². The van der Waals surface area contributed by atoms with Gasteiger partial charge in [-0.25, -0.2) is 13.4 Å². The second-order valence-electron chi connectivity index (χ2n) is 9.31. The first-order chi connectivity index (χ1) is 20.2. The van der Waals surface area contributed by atoms with Gasteiger partial charge in [0.1, 0.15) is 10.8 Å². The topological polar surface area (TPSA) is 105 Å². The van der Waals surface area contributed by atoms with E-state index in [1.807, 2.05) is 0 Å². The van der Waals surface area contributed by atoms with Crippen molar-refractivity contribution in [1.29, 1.82) is 0 Å². The van der Waals surface area contributed by atoms with E-state index in [1.54, 1.807) is 12.1 Å². The van der Waals surface area contributed by atoms with Crippen LogP contribution >= 0.6 is 11.6 Å². The van der Waals surface area contributed by atoms with E-state index >= 15 is 0 Å². The monoisotopic (exact) mass is 563 g/mol. The van der Waals surface area contributed by atoms with E-state index in [-0.39, 0.29) is 44.4 Å². The molecule has 0 radical (unpaired) electrons. The van der Waals surface area contributed by atoms with Crippen LogP contribution in [0.4, 0.5) is 23.1 Å². The lowest BCUT2D eigenvalue weighted by Gasteiger charge is -2.26. The summed E-state index contributed by atoms with van der Waals surface area (Å²) in [6.07, 6.45) is 0.673. The van der Waals surface area contributed by atoms with Crippen molar-refractivity contribution in [2.75, 3.05) is 23.7 Å². The smallest absolute Gasteiger partial charge is 0.229 e. The predicted molar refractivity (Wildman–Crippen MR) is 154 cm³/mol. The summed E-state index contributed by atoms with van der Waals surface area (Å²) in [4.78, 5) is 8.51. The highest BCUT2D eigenvalue weighted by Gasteiger charge is 2.24. The van der Waals surface area contributed by atoms with Crippen molar-refractivity contribution < 1.29 is 21.4 Å². The van der Waals surface area contributed by atoms with E-state index in [0.29, 0.717) is 31.5 Å². The highest BCUT2D eigenvalue weighted by atomic mass is 35.5. The van der Waals surface area contributed by atoms with E-state index in [1.165, 1.54) is 58.2 Å². The number of halogens is 1. The summed E-state index contributed by atoms with van der Waals surface area (Å²) in [5.74, 6) is -1.02. The maximum Gasteiger partial charge on any atom is 0.229 e. The van der Waals surface area contributed by atoms with Gasteiger partial charge >= 0.3 is 0 Å². The fourth-order valence-corrected chi connectivity index (χ4v) is 5.30. The van der Waals surface area contributed by atoms with Crippen LogP contribution in [0.5, 0.6) is 5.75 Å². The van der Waals surface area contributed by atoms with Gasteiger partial charge in [0.15, 0.2) is 15.7 Å². The SMILES string of the molecule is [2H]C(C)(C)Oc1cc(C2([2H])CCNCC2)c(C([2H])([2H])[2H])cc1Nc1ncc(Cl)c(Nc2ccccc2S(=O)(=O)C([2H])(C)C)n1. The van der Waals surface area contributed by atoms with Crippen molar-refractivity contribution in [3.63, 3.8) is 0 Å². The molecule has 1 aromatic heterocycles. The van der Waals surface area contributed by atoms with E-state index in [0.717, 1.165) is 0 Å². The number of nitrogens with zero attached hydrogens (tertiary/aromatic N) is 2. The van der Waals surface area contributed by atoms with Gasteiger partial charge in [-0.05, 0) is 102 Å². The number of benzene rings is 2. The molecule has 3 aromatic rings. The average Bonchev–Trinajstić information content (AvgIpc) is 2.90. The highest BCUT2D eigenvalue weighted by Crippen LogP contribution is 2.37. The number of rotatable bonds is 9. The lowest BCUT2D eigenvalue weighted by Crippen LogP contribution is -2.27. The molecule has 8 nitrogen and oxygen atoms in total. The van der Waals surface area contributed by atoms with Gasteiger partial charge < -0.3 is 20.7 Å². The van der Waals surface area contributed by atoms with Gasteiger partial charge in [-0.15, -0.1) is 0 Å². The van der Waals surface area contributed by atoms with Gasteiger partial charge in [-0.3, -0.25) is 0 Å². The number of ether oxygens (including phenoxy) is 1. The van der Waals surface area contributed by atoms with E-state index in [4.69, 9.17) is 24.6 Å². The summed E-state index contributed by atoms with van der Waals surface area (Å²) in [5.41, 5.74) is 0.579. The molecule has 0 atom stereocenters. The standard InChI is InChI=1S/C28H36ClN5O3S/c1-17(2)37-25-15-21(20-10-12-30-13-11-20)19(5)14-24(25)33-28-31-16-22(29)27(34-28)32-23-8-6-7-9-26(23)38(35,36)18(3)4/h6-9,14-18,20,30H,10-13H2,1-5H3,(H2,31,32,33,34)/i5D3,17D,18D,20D. The molecule has 204 valence electrons. The van der Waals surface area contributed by atoms with Crippen LogP contribution in [0.3, 0.4) is 0 Å². The van der Waals surface area contributed by atoms with Gasteiger partial charge in [0.05, 0.1) is 35.1 Å². The third kappa shape index (κ3) is 6.39. The number of sulfone groups is 1. The van der Waals surface area contributed by atoms with E-state index in [2.05, 4.69) is 25.9 Å². The number of hydrogen-bond acceptors (Lipinski definition) is 8. The zero-order valence-electron chi connectivity index (χ0n) is 27.8. The molecule has 2 aromatic carbocycles. The quantitative estimate of drug-likeness (QED) is 0.276. The number of aryl methyl sites for hydroxylation is 1. The molecule has 3 N–H and O–H groups in total. The van der Waals surface area contributed by atoms with Crippen LogP contribution < -0.4 is 20.7 Å². The summed E-state index contributed by atoms with van der Waals surface area (Å²) in [6.45, 7) is 4.17. The first-order valence-corrected chi connectivity index (χ1v) is 14.1. The number of aromatic nitrogens is 2. The molecule has 38 heavy (non-hydrogen) atoms. The van der Waals surface area contributed by atoms with Crippen LogP contribution in [0, 0.1) is 6.85 Å². The van der Waals surface area contributed by atoms with Crippen LogP contribution in [0.25, 0.3) is 0 Å². The van der Waals surface area contributed by atoms with Crippen molar-refractivity contribution in [3.8, 4) is 5.75 Å². The minimum atomic E-state index is -4.06. The number of piperidine rings is 1. The summed E-state index contributed by atoms with van der Waals surface area (Å²) < 4.78 is 82.5. The molecule has 4 rings (SSSR count). The molecule has 0 amide bonds. The molecular weight excluding hydrogens is 522 g/mol. The van der Waals surface area contributed by atoms with Gasteiger partial charge in [-0.2, -0.15) is 4.98 Å². The minimum Gasteiger partial charge on any atom is -0.489 e. The van der Waals surface area contributed by atoms with Crippen LogP contribution in [0.1, 0.15) is 65.8 Å². The van der Waals surface area contributed by atoms with Crippen LogP contribution in [0.15, 0.2) is 47.5 Å². The Bertz CT molecular complexity index is 1640. The van der Waals surface area contributed by atoms with Gasteiger partial charge in [0.2, 0.25) is 5.95 Å². The molecule has 0 saturated carbocycles. The van der Waals surface area contributed by atoms with Crippen molar-refractivity contribution in [2.24, 2.45) is 0 Å². The molecule has 1 saturated heterocycles. The van der Waals surface area contributed by atoms with E-state index in [9.17, 15) is 8.42 Å². The van der Waals surface area contributed by atoms with Crippen LogP contribution in [0.2, 0.25) is 5.02 Å². The maximum absolute atomic E-state index is 13.1. The van der Waals surface area contributed by atoms with Crippen molar-refractivity contribution in [1.82, 2.24) is 15.3 Å². The Morgan fingerprint density at radius 3 is 2.58 bits per heavy atom. The first-order valence-electron chi connectivity index (χ1n) is 15.2. The summed E-state index contributed by atoms with van der Waals surface area (Å²) >= 11 is 6.38. The van der Waals surface area contributed by atoms with Gasteiger partial charge in [0.25, 0.3) is 0 Å². The van der Waals surface area contributed by atoms with Crippen molar-refractivity contribution in [2.45, 2.75) is 69.5 Å². The number of anilines is 4. The van der Waals surface area contributed by atoms with E-state index < -0.39 is 33.9 Å². The second kappa shape index (κ2) is 11.9. The summed E-state index contributed by atoms with van der Waals surface area (Å²) in [6, 6.07) is 8.96. The second-order valence-corrected chi connectivity index (χ2v) is 12.0. The Morgan fingerprint density at radius 1 is 1.16 bits per heavy atom. The largest absolute Gasteiger partial charge is 0.489 e. The molecule has 0 unspecified atom stereocenters. The summed E-state index contributed by atoms with van der Waals surface area (Å²) in [7, 11) is -4.06. The highest BCUT2D eigenvalue weighted by molar-refractivity contribution is 7.92. The lowest BCUT2D eigenvalue weighted by molar-refractivity contribution is 0.243. The molecular formula is C28H36ClN5O3S. The predicted octanol–water partition coefficient (Wildman–Crippen LogP) is 6.36. The third-order valence-electron chi connectivity index (χ3n) is 5.98. The lowest BCUT2D eigenvalue weighted by atomic mass is 9.87. The fourth-order valence-electron chi connectivity index (χ4n) is 4.06. The molecule has 1 aliphatic heterocycles. The average molecular weight is 564 g/mol. The number of nitrogens with one attached hydrogen (secondary N) is 3. The molecule has 0 bridgehead atoms. The molecule has 10 heteroatoms. The van der Waals surface area contributed by atoms with Crippen molar-refractivity contribution in [3.05, 3.63) is 58.7 Å². The van der Waals surface area contributed by atoms with Crippen molar-refractivity contribution >= 4 is 44.6 Å². The molecule has 1 fully saturated rings. The Kier molecular flexibility index (Phi) is 6.57. The van der Waals surface area contributed by atoms with Gasteiger partial charge in [0, 0.05) is 6.85 Å². The first kappa shape index (κ1) is 21.0. The fraction of sp³-hybridized carbons (Fsp3) is 0.429. The normalized spacial score (nSPS) is 18.7. The zero-order chi connectivity index (χ0) is 32.7. The zero-order valence-corrected chi connectivity index (χ0v) is 23.3. The van der Waals surface area contributed by atoms with Crippen LogP contribution in [-0.2, 0) is 9.84 Å². The Labute approximate surface area is 238 Å². The molecule has 0 spiro atoms. The van der Waals surface area contributed by atoms with Gasteiger partial charge in [-0.1, -0.05) is 23.7 Å². The maximum atomic E-state index is 13.1. The summed E-state index contributed by atoms with van der Waals surface area (Å²) in [5, 5.41) is 7.35. The molecule has 0 aliphatic carbocycles. The Hall–Kier alpha value is -2.88. The minimum absolute atomic E-state index is 0.0302. The molecule has 2 heterocycles.